The van der Waals surface area contributed by atoms with Crippen LogP contribution in [0.3, 0.4) is 0 Å². The number of aryl methyl sites for hydroxylation is 1. The van der Waals surface area contributed by atoms with Crippen LogP contribution in [0.25, 0.3) is 0 Å². The fourth-order valence-corrected chi connectivity index (χ4v) is 2.88. The molecule has 0 saturated carbocycles. The summed E-state index contributed by atoms with van der Waals surface area (Å²) in [6.07, 6.45) is 6.31. The molecule has 1 aromatic carbocycles. The van der Waals surface area contributed by atoms with Crippen LogP contribution in [0.5, 0.6) is 0 Å². The molecule has 1 N–H and O–H groups in total. The van der Waals surface area contributed by atoms with E-state index >= 15 is 0 Å². The Morgan fingerprint density at radius 2 is 2.25 bits per heavy atom. The predicted molar refractivity (Wildman–Crippen MR) is 87.1 cm³/mol. The number of aromatic nitrogens is 5. The Hall–Kier alpha value is -2.68. The molecule has 3 aromatic rings. The fourth-order valence-electron chi connectivity index (χ4n) is 2.01. The van der Waals surface area contributed by atoms with E-state index in [4.69, 9.17) is 0 Å². The van der Waals surface area contributed by atoms with E-state index in [9.17, 15) is 9.18 Å². The number of benzene rings is 1. The summed E-state index contributed by atoms with van der Waals surface area (Å²) in [5.41, 5.74) is 0.389. The first-order valence-corrected chi connectivity index (χ1v) is 7.96. The molecule has 7 nitrogen and oxygen atoms in total. The monoisotopic (exact) mass is 346 g/mol. The highest BCUT2D eigenvalue weighted by atomic mass is 32.2. The van der Waals surface area contributed by atoms with Gasteiger partial charge in [0.15, 0.2) is 5.16 Å². The van der Waals surface area contributed by atoms with E-state index in [1.807, 2.05) is 17.8 Å². The zero-order valence-corrected chi connectivity index (χ0v) is 13.9. The lowest BCUT2D eigenvalue weighted by Crippen LogP contribution is -2.24. The first-order chi connectivity index (χ1) is 11.5. The van der Waals surface area contributed by atoms with Crippen molar-refractivity contribution in [3.05, 3.63) is 49.1 Å². The van der Waals surface area contributed by atoms with Crippen molar-refractivity contribution in [1.29, 1.82) is 0 Å². The molecule has 9 heteroatoms. The third kappa shape index (κ3) is 3.46. The fraction of sp³-hybridized carbons (Fsp3) is 0.200. The van der Waals surface area contributed by atoms with E-state index < -0.39 is 11.9 Å². The summed E-state index contributed by atoms with van der Waals surface area (Å²) in [4.78, 5) is 21.1. The van der Waals surface area contributed by atoms with E-state index in [2.05, 4.69) is 20.4 Å². The smallest absolute Gasteiger partial charge is 0.249 e. The van der Waals surface area contributed by atoms with Crippen molar-refractivity contribution in [2.45, 2.75) is 23.0 Å². The third-order valence-electron chi connectivity index (χ3n) is 3.39. The number of amides is 1. The molecule has 1 unspecified atom stereocenters. The molecule has 0 aliphatic heterocycles. The van der Waals surface area contributed by atoms with Crippen molar-refractivity contribution in [2.24, 2.45) is 7.05 Å². The van der Waals surface area contributed by atoms with Crippen LogP contribution < -0.4 is 5.32 Å². The molecule has 0 spiro atoms. The van der Waals surface area contributed by atoms with E-state index in [1.165, 1.54) is 41.2 Å². The summed E-state index contributed by atoms with van der Waals surface area (Å²) in [6.45, 7) is 1.69. The normalized spacial score (nSPS) is 12.1. The lowest BCUT2D eigenvalue weighted by Gasteiger charge is -2.14. The van der Waals surface area contributed by atoms with Gasteiger partial charge in [0.2, 0.25) is 5.91 Å². The van der Waals surface area contributed by atoms with Crippen molar-refractivity contribution in [3.63, 3.8) is 0 Å². The zero-order valence-electron chi connectivity index (χ0n) is 13.0. The van der Waals surface area contributed by atoms with E-state index in [0.29, 0.717) is 10.6 Å². The summed E-state index contributed by atoms with van der Waals surface area (Å²) >= 11 is 1.34. The summed E-state index contributed by atoms with van der Waals surface area (Å²) in [6, 6.07) is 3.69. The lowest BCUT2D eigenvalue weighted by atomic mass is 10.2. The van der Waals surface area contributed by atoms with Gasteiger partial charge in [-0.05, 0) is 36.9 Å². The first-order valence-electron chi connectivity index (χ1n) is 7.14. The minimum Gasteiger partial charge on any atom is -0.329 e. The van der Waals surface area contributed by atoms with Crippen LogP contribution in [0, 0.1) is 5.82 Å². The number of nitrogens with zero attached hydrogens (tertiary/aromatic N) is 5. The van der Waals surface area contributed by atoms with Crippen molar-refractivity contribution in [3.8, 4) is 0 Å². The summed E-state index contributed by atoms with van der Waals surface area (Å²) in [7, 11) is 1.86. The minimum atomic E-state index is -0.568. The van der Waals surface area contributed by atoms with Crippen LogP contribution >= 0.6 is 11.8 Å². The van der Waals surface area contributed by atoms with Crippen LogP contribution in [0.4, 0.5) is 10.1 Å². The quantitative estimate of drug-likeness (QED) is 0.768. The highest BCUT2D eigenvalue weighted by Gasteiger charge is 2.18. The van der Waals surface area contributed by atoms with Crippen molar-refractivity contribution in [2.75, 3.05) is 5.32 Å². The average Bonchev–Trinajstić information content (AvgIpc) is 3.21. The predicted octanol–water partition coefficient (Wildman–Crippen LogP) is 2.50. The molecule has 2 heterocycles. The maximum absolute atomic E-state index is 13.6. The number of halogens is 1. The Morgan fingerprint density at radius 1 is 1.42 bits per heavy atom. The van der Waals surface area contributed by atoms with Gasteiger partial charge in [0.25, 0.3) is 0 Å². The Bertz CT molecular complexity index is 848. The second-order valence-electron chi connectivity index (χ2n) is 5.10. The molecule has 3 rings (SSSR count). The molecule has 0 bridgehead atoms. The average molecular weight is 346 g/mol. The number of hydrogen-bond acceptors (Lipinski definition) is 5. The number of carbonyl (C=O) groups is 1. The molecular weight excluding hydrogens is 331 g/mol. The van der Waals surface area contributed by atoms with Crippen molar-refractivity contribution >= 4 is 23.4 Å². The van der Waals surface area contributed by atoms with Gasteiger partial charge in [-0.15, -0.1) is 0 Å². The Kier molecular flexibility index (Phi) is 4.61. The molecule has 0 radical (unpaired) electrons. The molecule has 0 saturated heterocycles. The largest absolute Gasteiger partial charge is 0.329 e. The van der Waals surface area contributed by atoms with Gasteiger partial charge in [0.1, 0.15) is 24.5 Å². The molecule has 2 aromatic heterocycles. The number of anilines is 1. The van der Waals surface area contributed by atoms with Gasteiger partial charge in [-0.25, -0.2) is 19.0 Å². The number of rotatable bonds is 5. The molecule has 24 heavy (non-hydrogen) atoms. The van der Waals surface area contributed by atoms with Crippen LogP contribution in [0.15, 0.2) is 53.3 Å². The van der Waals surface area contributed by atoms with E-state index in [0.717, 1.165) is 5.16 Å². The van der Waals surface area contributed by atoms with Gasteiger partial charge in [-0.3, -0.25) is 4.79 Å². The molecular formula is C15H15FN6OS. The maximum Gasteiger partial charge on any atom is 0.249 e. The van der Waals surface area contributed by atoms with Gasteiger partial charge < -0.3 is 9.88 Å². The molecule has 1 atom stereocenters. The van der Waals surface area contributed by atoms with Crippen LogP contribution in [0.1, 0.15) is 13.0 Å². The second kappa shape index (κ2) is 6.83. The van der Waals surface area contributed by atoms with Crippen LogP contribution in [-0.4, -0.2) is 30.2 Å². The summed E-state index contributed by atoms with van der Waals surface area (Å²) in [5.74, 6) is -0.740. The Morgan fingerprint density at radius 3 is 2.92 bits per heavy atom. The first kappa shape index (κ1) is 16.2. The van der Waals surface area contributed by atoms with Gasteiger partial charge in [-0.1, -0.05) is 0 Å². The van der Waals surface area contributed by atoms with Crippen LogP contribution in [0.2, 0.25) is 0 Å². The molecule has 0 aliphatic rings. The maximum atomic E-state index is 13.6. The van der Waals surface area contributed by atoms with Gasteiger partial charge in [0, 0.05) is 24.3 Å². The zero-order chi connectivity index (χ0) is 17.1. The highest BCUT2D eigenvalue weighted by Crippen LogP contribution is 2.33. The topological polar surface area (TPSA) is 77.6 Å². The lowest BCUT2D eigenvalue weighted by molar-refractivity contribution is -0.119. The number of carbonyl (C=O) groups excluding carboxylic acids is 1. The number of hydrogen-bond donors (Lipinski definition) is 1. The van der Waals surface area contributed by atoms with Crippen LogP contribution in [-0.2, 0) is 11.8 Å². The van der Waals surface area contributed by atoms with Gasteiger partial charge >= 0.3 is 0 Å². The molecule has 0 aliphatic carbocycles. The van der Waals surface area contributed by atoms with E-state index in [-0.39, 0.29) is 5.91 Å². The summed E-state index contributed by atoms with van der Waals surface area (Å²) < 4.78 is 16.9. The number of nitrogens with one attached hydrogen (secondary N) is 1. The van der Waals surface area contributed by atoms with Crippen molar-refractivity contribution < 1.29 is 9.18 Å². The second-order valence-corrected chi connectivity index (χ2v) is 6.11. The SMILES string of the molecule is CC(C(=O)Nc1cc(F)ccc1Sc1nccn1C)n1cncn1. The van der Waals surface area contributed by atoms with Gasteiger partial charge in [0.05, 0.1) is 5.69 Å². The third-order valence-corrected chi connectivity index (χ3v) is 4.54. The minimum absolute atomic E-state index is 0.312. The molecule has 1 amide bonds. The number of imidazole rings is 1. The highest BCUT2D eigenvalue weighted by molar-refractivity contribution is 7.99. The van der Waals surface area contributed by atoms with Crippen molar-refractivity contribution in [1.82, 2.24) is 24.3 Å². The molecule has 0 fully saturated rings. The van der Waals surface area contributed by atoms with E-state index in [1.54, 1.807) is 19.2 Å². The summed E-state index contributed by atoms with van der Waals surface area (Å²) in [5, 5.41) is 7.43. The molecule has 124 valence electrons. The standard InChI is InChI=1S/C15H15FN6OS/c1-10(22-9-17-8-19-22)14(23)20-12-7-11(16)3-4-13(12)24-15-18-5-6-21(15)2/h3-10H,1-2H3,(H,20,23). The van der Waals surface area contributed by atoms with Gasteiger partial charge in [-0.2, -0.15) is 5.10 Å². The Balaban J connectivity index is 1.83. The Labute approximate surface area is 141 Å².